The molecule has 1 N–H and O–H groups in total. The van der Waals surface area contributed by atoms with Gasteiger partial charge in [-0.3, -0.25) is 4.79 Å². The first-order chi connectivity index (χ1) is 17.4. The summed E-state index contributed by atoms with van der Waals surface area (Å²) in [6.45, 7) is 2.76. The van der Waals surface area contributed by atoms with Crippen LogP contribution in [-0.2, 0) is 18.4 Å². The van der Waals surface area contributed by atoms with Gasteiger partial charge in [-0.25, -0.2) is 8.78 Å². The highest BCUT2D eigenvalue weighted by atomic mass is 35.5. The summed E-state index contributed by atoms with van der Waals surface area (Å²) in [5.74, 6) is -1.18. The largest absolute Gasteiger partial charge is 0.384 e. The van der Waals surface area contributed by atoms with Gasteiger partial charge in [0.25, 0.3) is 5.91 Å². The molecule has 2 aliphatic rings. The van der Waals surface area contributed by atoms with Crippen LogP contribution in [0.15, 0.2) is 66.9 Å². The molecular formula is C29H26ClF2N3O. The topological polar surface area (TPSA) is 37.3 Å². The number of fused-ring (bicyclic) bond motifs is 3. The average Bonchev–Trinajstić information content (AvgIpc) is 3.41. The van der Waals surface area contributed by atoms with Crippen molar-refractivity contribution >= 4 is 34.1 Å². The molecule has 184 valence electrons. The lowest BCUT2D eigenvalue weighted by molar-refractivity contribution is 0.0678. The number of halogens is 3. The number of aromatic nitrogens is 1. The molecule has 3 aromatic carbocycles. The number of benzene rings is 3. The zero-order valence-corrected chi connectivity index (χ0v) is 20.5. The number of amides is 1. The van der Waals surface area contributed by atoms with E-state index in [2.05, 4.69) is 29.6 Å². The molecule has 0 saturated carbocycles. The highest BCUT2D eigenvalue weighted by molar-refractivity contribution is 6.31. The van der Waals surface area contributed by atoms with Crippen molar-refractivity contribution < 1.29 is 13.6 Å². The summed E-state index contributed by atoms with van der Waals surface area (Å²) in [4.78, 5) is 15.6. The number of rotatable bonds is 4. The van der Waals surface area contributed by atoms with Crippen molar-refractivity contribution in [2.75, 3.05) is 25.0 Å². The van der Waals surface area contributed by atoms with Crippen LogP contribution in [0.1, 0.15) is 34.3 Å². The van der Waals surface area contributed by atoms with Gasteiger partial charge < -0.3 is 14.8 Å². The lowest BCUT2D eigenvalue weighted by Gasteiger charge is -2.39. The number of carbonyl (C=O) groups is 1. The van der Waals surface area contributed by atoms with Gasteiger partial charge >= 0.3 is 0 Å². The van der Waals surface area contributed by atoms with E-state index in [0.717, 1.165) is 36.4 Å². The number of nitrogens with zero attached hydrogens (tertiary/aromatic N) is 2. The Kier molecular flexibility index (Phi) is 5.72. The third-order valence-electron chi connectivity index (χ3n) is 7.76. The molecule has 1 fully saturated rings. The number of likely N-dealkylation sites (tertiary alicyclic amines) is 1. The third-order valence-corrected chi connectivity index (χ3v) is 8.00. The Hall–Kier alpha value is -3.38. The van der Waals surface area contributed by atoms with E-state index in [-0.39, 0.29) is 11.3 Å². The van der Waals surface area contributed by atoms with Crippen molar-refractivity contribution in [3.8, 4) is 0 Å². The highest BCUT2D eigenvalue weighted by Gasteiger charge is 2.42. The van der Waals surface area contributed by atoms with Crippen molar-refractivity contribution in [3.63, 3.8) is 0 Å². The fraction of sp³-hybridized carbons (Fsp3) is 0.276. The predicted octanol–water partition coefficient (Wildman–Crippen LogP) is 6.42. The molecule has 3 heterocycles. The van der Waals surface area contributed by atoms with Crippen LogP contribution in [0.2, 0.25) is 5.02 Å². The molecule has 0 radical (unpaired) electrons. The Morgan fingerprint density at radius 2 is 1.75 bits per heavy atom. The van der Waals surface area contributed by atoms with E-state index < -0.39 is 11.6 Å². The smallest absolute Gasteiger partial charge is 0.256 e. The fourth-order valence-electron chi connectivity index (χ4n) is 5.84. The molecule has 4 aromatic rings. The summed E-state index contributed by atoms with van der Waals surface area (Å²) in [7, 11) is 0. The van der Waals surface area contributed by atoms with Crippen molar-refractivity contribution in [2.45, 2.75) is 31.2 Å². The van der Waals surface area contributed by atoms with Gasteiger partial charge in [0.15, 0.2) is 0 Å². The molecule has 0 unspecified atom stereocenters. The van der Waals surface area contributed by atoms with Crippen molar-refractivity contribution in [2.24, 2.45) is 0 Å². The van der Waals surface area contributed by atoms with Gasteiger partial charge in [0, 0.05) is 60.0 Å². The van der Waals surface area contributed by atoms with Gasteiger partial charge in [0.05, 0.1) is 11.1 Å². The minimum absolute atomic E-state index is 0.00645. The SMILES string of the molecule is O=C(c1cn(CCc2cc(F)cc(F)c2)c2cc(Cl)ccc12)N1CCC2(CC1)CNc1ccccc12. The first kappa shape index (κ1) is 23.0. The van der Waals surface area contributed by atoms with Gasteiger partial charge in [-0.2, -0.15) is 0 Å². The normalized spacial score (nSPS) is 16.4. The molecule has 1 aromatic heterocycles. The van der Waals surface area contributed by atoms with Crippen LogP contribution in [0.4, 0.5) is 14.5 Å². The molecule has 36 heavy (non-hydrogen) atoms. The first-order valence-electron chi connectivity index (χ1n) is 12.3. The van der Waals surface area contributed by atoms with Crippen LogP contribution in [0.5, 0.6) is 0 Å². The molecule has 4 nitrogen and oxygen atoms in total. The lowest BCUT2D eigenvalue weighted by Crippen LogP contribution is -2.46. The van der Waals surface area contributed by atoms with E-state index >= 15 is 0 Å². The van der Waals surface area contributed by atoms with Crippen molar-refractivity contribution in [1.82, 2.24) is 9.47 Å². The quantitative estimate of drug-likeness (QED) is 0.348. The third kappa shape index (κ3) is 4.03. The van der Waals surface area contributed by atoms with E-state index in [1.54, 1.807) is 6.07 Å². The zero-order chi connectivity index (χ0) is 24.9. The monoisotopic (exact) mass is 505 g/mol. The molecule has 7 heteroatoms. The van der Waals surface area contributed by atoms with E-state index in [0.29, 0.717) is 42.2 Å². The van der Waals surface area contributed by atoms with Crippen molar-refractivity contribution in [3.05, 3.63) is 100 Å². The maximum absolute atomic E-state index is 13.7. The van der Waals surface area contributed by atoms with Gasteiger partial charge in [-0.05, 0) is 60.7 Å². The standard InChI is InChI=1S/C29H26ClF2N3O/c30-20-5-6-23-24(17-35(27(23)15-20)10-7-19-13-21(31)16-22(32)14-19)28(36)34-11-8-29(9-12-34)18-33-26-4-2-1-3-25(26)29/h1-6,13-17,33H,7-12,18H2. The van der Waals surface area contributed by atoms with Gasteiger partial charge in [0.2, 0.25) is 0 Å². The molecule has 0 bridgehead atoms. The van der Waals surface area contributed by atoms with E-state index in [9.17, 15) is 13.6 Å². The number of carbonyl (C=O) groups excluding carboxylic acids is 1. The van der Waals surface area contributed by atoms with Crippen molar-refractivity contribution in [1.29, 1.82) is 0 Å². The first-order valence-corrected chi connectivity index (χ1v) is 12.7. The Labute approximate surface area is 213 Å². The zero-order valence-electron chi connectivity index (χ0n) is 19.7. The minimum atomic E-state index is -0.593. The minimum Gasteiger partial charge on any atom is -0.384 e. The number of hydrogen-bond acceptors (Lipinski definition) is 2. The summed E-state index contributed by atoms with van der Waals surface area (Å²) in [6.07, 6.45) is 4.11. The van der Waals surface area contributed by atoms with Crippen LogP contribution in [0.3, 0.4) is 0 Å². The maximum Gasteiger partial charge on any atom is 0.256 e. The Bertz CT molecular complexity index is 1450. The molecular weight excluding hydrogens is 480 g/mol. The molecule has 0 atom stereocenters. The number of para-hydroxylation sites is 1. The Morgan fingerprint density at radius 1 is 1.00 bits per heavy atom. The number of anilines is 1. The Balaban J connectivity index is 1.24. The summed E-state index contributed by atoms with van der Waals surface area (Å²) < 4.78 is 29.3. The molecule has 1 saturated heterocycles. The number of hydrogen-bond donors (Lipinski definition) is 1. The summed E-state index contributed by atoms with van der Waals surface area (Å²) in [5, 5.41) is 4.95. The summed E-state index contributed by atoms with van der Waals surface area (Å²) in [5.41, 5.74) is 4.68. The predicted molar refractivity (Wildman–Crippen MR) is 139 cm³/mol. The number of aryl methyl sites for hydroxylation is 2. The van der Waals surface area contributed by atoms with Crippen LogP contribution >= 0.6 is 11.6 Å². The molecule has 1 spiro atoms. The second-order valence-electron chi connectivity index (χ2n) is 9.90. The fourth-order valence-corrected chi connectivity index (χ4v) is 6.01. The number of piperidine rings is 1. The highest BCUT2D eigenvalue weighted by Crippen LogP contribution is 2.44. The summed E-state index contributed by atoms with van der Waals surface area (Å²) in [6, 6.07) is 17.5. The van der Waals surface area contributed by atoms with E-state index in [1.807, 2.05) is 27.8 Å². The molecule has 6 rings (SSSR count). The lowest BCUT2D eigenvalue weighted by atomic mass is 9.74. The molecule has 1 amide bonds. The summed E-state index contributed by atoms with van der Waals surface area (Å²) >= 11 is 6.28. The van der Waals surface area contributed by atoms with E-state index in [4.69, 9.17) is 11.6 Å². The molecule has 0 aliphatic carbocycles. The second-order valence-corrected chi connectivity index (χ2v) is 10.3. The second kappa shape index (κ2) is 8.93. The molecule has 2 aliphatic heterocycles. The number of nitrogens with one attached hydrogen (secondary N) is 1. The van der Waals surface area contributed by atoms with Crippen LogP contribution in [0, 0.1) is 11.6 Å². The van der Waals surface area contributed by atoms with Gasteiger partial charge in [-0.15, -0.1) is 0 Å². The van der Waals surface area contributed by atoms with Gasteiger partial charge in [0.1, 0.15) is 11.6 Å². The van der Waals surface area contributed by atoms with Crippen LogP contribution < -0.4 is 5.32 Å². The van der Waals surface area contributed by atoms with E-state index in [1.165, 1.54) is 23.4 Å². The van der Waals surface area contributed by atoms with Crippen LogP contribution in [-0.4, -0.2) is 35.0 Å². The van der Waals surface area contributed by atoms with Gasteiger partial charge in [-0.1, -0.05) is 35.9 Å². The average molecular weight is 506 g/mol. The maximum atomic E-state index is 13.7. The van der Waals surface area contributed by atoms with Crippen LogP contribution in [0.25, 0.3) is 10.9 Å². The Morgan fingerprint density at radius 3 is 2.53 bits per heavy atom.